The molecule has 5 rings (SSSR count). The third kappa shape index (κ3) is 3.30. The monoisotopic (exact) mass is 398 g/mol. The van der Waals surface area contributed by atoms with Crippen molar-refractivity contribution in [1.29, 1.82) is 0 Å². The van der Waals surface area contributed by atoms with Crippen LogP contribution >= 0.6 is 11.3 Å². The lowest BCUT2D eigenvalue weighted by atomic mass is 9.77. The number of rotatable bonds is 5. The number of nitrogens with zero attached hydrogens (tertiary/aromatic N) is 4. The van der Waals surface area contributed by atoms with Gasteiger partial charge in [0.2, 0.25) is 0 Å². The maximum Gasteiger partial charge on any atom is 0.250 e. The zero-order valence-electron chi connectivity index (χ0n) is 16.7. The highest BCUT2D eigenvalue weighted by Gasteiger charge is 2.40. The normalized spacial score (nSPS) is 27.2. The molecule has 6 heteroatoms. The van der Waals surface area contributed by atoms with Gasteiger partial charge in [-0.15, -0.1) is 11.3 Å². The number of piperidine rings is 1. The predicted molar refractivity (Wildman–Crippen MR) is 114 cm³/mol. The summed E-state index contributed by atoms with van der Waals surface area (Å²) in [5.41, 5.74) is 1.45. The summed E-state index contributed by atoms with van der Waals surface area (Å²) < 4.78 is 2.14. The highest BCUT2D eigenvalue weighted by molar-refractivity contribution is 7.15. The first kappa shape index (κ1) is 18.4. The van der Waals surface area contributed by atoms with E-state index in [0.717, 1.165) is 45.6 Å². The van der Waals surface area contributed by atoms with Gasteiger partial charge in [0.15, 0.2) is 5.13 Å². The minimum atomic E-state index is 0.191. The van der Waals surface area contributed by atoms with Crippen molar-refractivity contribution in [2.24, 2.45) is 5.92 Å². The lowest BCUT2D eigenvalue weighted by molar-refractivity contribution is 0.0824. The molecule has 5 heterocycles. The molecule has 0 aliphatic carbocycles. The lowest BCUT2D eigenvalue weighted by Gasteiger charge is -2.47. The third-order valence-electron chi connectivity index (χ3n) is 6.76. The van der Waals surface area contributed by atoms with Crippen LogP contribution in [0.15, 0.2) is 29.2 Å². The van der Waals surface area contributed by atoms with Crippen LogP contribution in [0.1, 0.15) is 61.6 Å². The Kier molecular flexibility index (Phi) is 5.01. The Bertz CT molecular complexity index is 885. The van der Waals surface area contributed by atoms with Gasteiger partial charge in [0.25, 0.3) is 5.56 Å². The van der Waals surface area contributed by atoms with Crippen LogP contribution in [0.25, 0.3) is 0 Å². The predicted octanol–water partition coefficient (Wildman–Crippen LogP) is 3.87. The molecule has 0 unspecified atom stereocenters. The Balaban J connectivity index is 1.36. The number of hydrogen-bond acceptors (Lipinski definition) is 5. The Hall–Kier alpha value is -1.66. The molecule has 0 N–H and O–H groups in total. The number of aromatic nitrogens is 2. The number of likely N-dealkylation sites (tertiary alicyclic amines) is 1. The first-order valence-corrected chi connectivity index (χ1v) is 11.7. The van der Waals surface area contributed by atoms with Crippen LogP contribution in [-0.2, 0) is 6.54 Å². The number of hydrogen-bond donors (Lipinski definition) is 0. The molecule has 3 aliphatic heterocycles. The van der Waals surface area contributed by atoms with E-state index in [-0.39, 0.29) is 5.56 Å². The van der Waals surface area contributed by atoms with Crippen LogP contribution in [0.5, 0.6) is 0 Å². The zero-order valence-corrected chi connectivity index (χ0v) is 17.5. The molecule has 2 bridgehead atoms. The highest BCUT2D eigenvalue weighted by atomic mass is 32.1. The van der Waals surface area contributed by atoms with E-state index in [0.29, 0.717) is 17.9 Å². The molecule has 150 valence electrons. The second-order valence-corrected chi connectivity index (χ2v) is 9.80. The second kappa shape index (κ2) is 7.64. The van der Waals surface area contributed by atoms with Gasteiger partial charge in [-0.2, -0.15) is 0 Å². The summed E-state index contributed by atoms with van der Waals surface area (Å²) in [6.45, 7) is 7.69. The molecule has 0 spiro atoms. The summed E-state index contributed by atoms with van der Waals surface area (Å²) in [7, 11) is 0. The van der Waals surface area contributed by atoms with Crippen LogP contribution in [0, 0.1) is 5.92 Å². The molecular formula is C22H30N4OS. The Labute approximate surface area is 171 Å². The first-order valence-electron chi connectivity index (χ1n) is 10.9. The van der Waals surface area contributed by atoms with Gasteiger partial charge in [-0.1, -0.05) is 19.4 Å². The van der Waals surface area contributed by atoms with Crippen molar-refractivity contribution in [3.05, 3.63) is 45.3 Å². The molecule has 28 heavy (non-hydrogen) atoms. The van der Waals surface area contributed by atoms with E-state index in [1.807, 2.05) is 17.4 Å². The maximum atomic E-state index is 12.6. The van der Waals surface area contributed by atoms with E-state index in [1.165, 1.54) is 35.0 Å². The van der Waals surface area contributed by atoms with E-state index in [4.69, 9.17) is 4.98 Å². The quantitative estimate of drug-likeness (QED) is 0.767. The Morgan fingerprint density at radius 2 is 2.07 bits per heavy atom. The Morgan fingerprint density at radius 3 is 2.89 bits per heavy atom. The van der Waals surface area contributed by atoms with Gasteiger partial charge in [-0.05, 0) is 37.7 Å². The van der Waals surface area contributed by atoms with Crippen LogP contribution < -0.4 is 10.5 Å². The molecule has 0 radical (unpaired) electrons. The SMILES string of the molecule is CCC[C@H]1[C@H]2C[C@H](CN(Cc3cnc(N4CCCC4)s3)C2)c2cccc(=O)n21. The summed E-state index contributed by atoms with van der Waals surface area (Å²) in [5.74, 6) is 1.06. The van der Waals surface area contributed by atoms with Gasteiger partial charge in [0, 0.05) is 67.5 Å². The zero-order chi connectivity index (χ0) is 19.1. The van der Waals surface area contributed by atoms with Crippen molar-refractivity contribution in [2.75, 3.05) is 31.1 Å². The number of fused-ring (bicyclic) bond motifs is 4. The van der Waals surface area contributed by atoms with E-state index in [2.05, 4.69) is 33.6 Å². The van der Waals surface area contributed by atoms with Gasteiger partial charge < -0.3 is 9.47 Å². The van der Waals surface area contributed by atoms with Crippen molar-refractivity contribution < 1.29 is 0 Å². The molecule has 2 saturated heterocycles. The van der Waals surface area contributed by atoms with Crippen molar-refractivity contribution in [2.45, 2.75) is 57.5 Å². The van der Waals surface area contributed by atoms with Crippen LogP contribution in [0.2, 0.25) is 0 Å². The summed E-state index contributed by atoms with van der Waals surface area (Å²) >= 11 is 1.87. The smallest absolute Gasteiger partial charge is 0.250 e. The Morgan fingerprint density at radius 1 is 1.21 bits per heavy atom. The highest BCUT2D eigenvalue weighted by Crippen LogP contribution is 2.43. The number of anilines is 1. The summed E-state index contributed by atoms with van der Waals surface area (Å²) in [6, 6.07) is 6.23. The molecule has 2 aromatic heterocycles. The van der Waals surface area contributed by atoms with Crippen molar-refractivity contribution in [3.8, 4) is 0 Å². The van der Waals surface area contributed by atoms with Crippen molar-refractivity contribution in [1.82, 2.24) is 14.5 Å². The molecule has 0 saturated carbocycles. The van der Waals surface area contributed by atoms with Crippen molar-refractivity contribution in [3.63, 3.8) is 0 Å². The number of pyridine rings is 1. The molecule has 2 fully saturated rings. The van der Waals surface area contributed by atoms with E-state index in [9.17, 15) is 4.79 Å². The average molecular weight is 399 g/mol. The largest absolute Gasteiger partial charge is 0.348 e. The van der Waals surface area contributed by atoms with Gasteiger partial charge in [-0.25, -0.2) is 4.98 Å². The van der Waals surface area contributed by atoms with Gasteiger partial charge in [-0.3, -0.25) is 9.69 Å². The van der Waals surface area contributed by atoms with E-state index < -0.39 is 0 Å². The summed E-state index contributed by atoms with van der Waals surface area (Å²) in [4.78, 5) is 23.7. The van der Waals surface area contributed by atoms with Crippen LogP contribution in [0.3, 0.4) is 0 Å². The van der Waals surface area contributed by atoms with E-state index >= 15 is 0 Å². The minimum Gasteiger partial charge on any atom is -0.348 e. The van der Waals surface area contributed by atoms with E-state index in [1.54, 1.807) is 6.07 Å². The summed E-state index contributed by atoms with van der Waals surface area (Å²) in [6.07, 6.45) is 8.13. The van der Waals surface area contributed by atoms with Crippen LogP contribution in [-0.4, -0.2) is 40.6 Å². The van der Waals surface area contributed by atoms with Gasteiger partial charge in [0.05, 0.1) is 0 Å². The first-order chi connectivity index (χ1) is 13.7. The van der Waals surface area contributed by atoms with Crippen LogP contribution in [0.4, 0.5) is 5.13 Å². The molecule has 0 amide bonds. The molecule has 2 aromatic rings. The molecule has 3 aliphatic rings. The average Bonchev–Trinajstić information content (AvgIpc) is 3.37. The molecule has 5 nitrogen and oxygen atoms in total. The fourth-order valence-electron chi connectivity index (χ4n) is 5.58. The summed E-state index contributed by atoms with van der Waals surface area (Å²) in [5, 5.41) is 1.20. The number of thiazole rings is 1. The molecular weight excluding hydrogens is 368 g/mol. The third-order valence-corrected chi connectivity index (χ3v) is 7.80. The lowest BCUT2D eigenvalue weighted by Crippen LogP contribution is -2.49. The maximum absolute atomic E-state index is 12.6. The fourth-order valence-corrected chi connectivity index (χ4v) is 6.58. The topological polar surface area (TPSA) is 41.4 Å². The minimum absolute atomic E-state index is 0.191. The fraction of sp³-hybridized carbons (Fsp3) is 0.636. The molecule has 3 atom stereocenters. The van der Waals surface area contributed by atoms with Gasteiger partial charge >= 0.3 is 0 Å². The van der Waals surface area contributed by atoms with Crippen molar-refractivity contribution >= 4 is 16.5 Å². The second-order valence-electron chi connectivity index (χ2n) is 8.71. The standard InChI is InChI=1S/C22H30N4OS/c1-2-6-19-16-11-17(20-7-5-8-21(27)26(19)20)14-24(13-16)15-18-12-23-22(28-18)25-9-3-4-10-25/h5,7-8,12,16-17,19H,2-4,6,9-11,13-15H2,1H3/t16-,17+,19-/m0/s1. The van der Waals surface area contributed by atoms with Gasteiger partial charge in [0.1, 0.15) is 0 Å². The molecule has 0 aromatic carbocycles.